The van der Waals surface area contributed by atoms with Gasteiger partial charge in [-0.25, -0.2) is 0 Å². The van der Waals surface area contributed by atoms with Crippen LogP contribution in [-0.2, 0) is 0 Å². The van der Waals surface area contributed by atoms with Crippen molar-refractivity contribution >= 4 is 19.2 Å². The first-order chi connectivity index (χ1) is 7.16. The number of rotatable bonds is 2. The van der Waals surface area contributed by atoms with Gasteiger partial charge in [-0.15, -0.1) is 0 Å². The first-order valence-electron chi connectivity index (χ1n) is 4.68. The second-order valence-corrected chi connectivity index (χ2v) is 5.25. The second kappa shape index (κ2) is 4.19. The van der Waals surface area contributed by atoms with Gasteiger partial charge in [0.15, 0.2) is 0 Å². The van der Waals surface area contributed by atoms with Crippen LogP contribution in [0.1, 0.15) is 5.56 Å². The number of hydrogen-bond donors (Lipinski definition) is 1. The maximum absolute atomic E-state index is 5.65. The van der Waals surface area contributed by atoms with Crippen LogP contribution in [0.3, 0.4) is 0 Å². The molecular weight excluding hydrogens is 253 g/mol. The van der Waals surface area contributed by atoms with E-state index in [4.69, 9.17) is 5.84 Å². The van der Waals surface area contributed by atoms with E-state index in [2.05, 4.69) is 41.1 Å². The number of hydrazine groups is 1. The van der Waals surface area contributed by atoms with E-state index in [9.17, 15) is 0 Å². The first kappa shape index (κ1) is 10.4. The summed E-state index contributed by atoms with van der Waals surface area (Å²) < 4.78 is 0.970. The van der Waals surface area contributed by atoms with Gasteiger partial charge in [0.25, 0.3) is 0 Å². The zero-order chi connectivity index (χ0) is 10.8. The molecule has 0 atom stereocenters. The molecule has 1 aromatic carbocycles. The summed E-state index contributed by atoms with van der Waals surface area (Å²) in [5.41, 5.74) is 3.48. The Morgan fingerprint density at radius 3 is 2.47 bits per heavy atom. The summed E-state index contributed by atoms with van der Waals surface area (Å²) in [7, 11) is 1.83. The molecule has 2 N–H and O–H groups in total. The van der Waals surface area contributed by atoms with Gasteiger partial charge in [-0.2, -0.15) is 0 Å². The van der Waals surface area contributed by atoms with Gasteiger partial charge in [-0.05, 0) is 0 Å². The molecule has 0 saturated carbocycles. The van der Waals surface area contributed by atoms with Crippen LogP contribution in [0.4, 0.5) is 4.69 Å². The summed E-state index contributed by atoms with van der Waals surface area (Å²) in [5.74, 6) is 5.65. The summed E-state index contributed by atoms with van der Waals surface area (Å²) in [6.07, 6.45) is 0. The molecule has 0 aliphatic heterocycles. The molecule has 2 aromatic rings. The number of anilines is 1. The molecule has 15 heavy (non-hydrogen) atoms. The summed E-state index contributed by atoms with van der Waals surface area (Å²) >= 11 is 0.268. The molecule has 0 saturated heterocycles. The van der Waals surface area contributed by atoms with E-state index in [1.807, 2.05) is 7.05 Å². The minimum absolute atomic E-state index is 0.268. The Morgan fingerprint density at radius 2 is 1.93 bits per heavy atom. The van der Waals surface area contributed by atoms with Crippen molar-refractivity contribution in [1.29, 1.82) is 0 Å². The van der Waals surface area contributed by atoms with Crippen molar-refractivity contribution in [2.75, 3.05) is 12.1 Å². The molecule has 0 bridgehead atoms. The van der Waals surface area contributed by atoms with E-state index >= 15 is 0 Å². The molecule has 0 aliphatic rings. The molecule has 0 spiro atoms. The number of aryl methyl sites for hydroxylation is 1. The minimum atomic E-state index is 0.268. The second-order valence-electron chi connectivity index (χ2n) is 3.49. The number of benzene rings is 1. The standard InChI is InChI=1S/C11H13N3Se/c1-8-3-5-9(6-4-8)10-7-15-11(13-10)14(2)12/h3-7H,12H2,1-2H3. The number of hydrogen-bond acceptors (Lipinski definition) is 3. The number of aromatic nitrogens is 1. The fourth-order valence-electron chi connectivity index (χ4n) is 1.28. The Kier molecular flexibility index (Phi) is 2.91. The van der Waals surface area contributed by atoms with Crippen LogP contribution in [-0.4, -0.2) is 26.5 Å². The molecule has 4 heteroatoms. The number of nitrogens with zero attached hydrogens (tertiary/aromatic N) is 2. The Labute approximate surface area is 95.3 Å². The topological polar surface area (TPSA) is 42.1 Å². The summed E-state index contributed by atoms with van der Waals surface area (Å²) in [4.78, 5) is 6.66. The molecule has 1 aromatic heterocycles. The average Bonchev–Trinajstić information content (AvgIpc) is 2.68. The van der Waals surface area contributed by atoms with Gasteiger partial charge in [0.05, 0.1) is 0 Å². The molecule has 0 unspecified atom stereocenters. The van der Waals surface area contributed by atoms with E-state index < -0.39 is 0 Å². The van der Waals surface area contributed by atoms with Crippen LogP contribution in [0.15, 0.2) is 29.2 Å². The summed E-state index contributed by atoms with van der Waals surface area (Å²) in [6, 6.07) is 8.39. The predicted molar refractivity (Wildman–Crippen MR) is 63.9 cm³/mol. The number of nitrogens with two attached hydrogens (primary N) is 1. The first-order valence-corrected chi connectivity index (χ1v) is 6.52. The molecule has 0 fully saturated rings. The van der Waals surface area contributed by atoms with E-state index in [1.54, 1.807) is 5.01 Å². The maximum atomic E-state index is 5.65. The van der Waals surface area contributed by atoms with Crippen molar-refractivity contribution in [3.05, 3.63) is 34.8 Å². The third kappa shape index (κ3) is 2.29. The summed E-state index contributed by atoms with van der Waals surface area (Å²) in [5, 5.41) is 1.59. The van der Waals surface area contributed by atoms with Gasteiger partial charge in [0, 0.05) is 0 Å². The van der Waals surface area contributed by atoms with Crippen molar-refractivity contribution in [3.8, 4) is 11.3 Å². The van der Waals surface area contributed by atoms with Crippen LogP contribution in [0, 0.1) is 6.92 Å². The molecule has 0 amide bonds. The normalized spacial score (nSPS) is 10.3. The molecular formula is C11H13N3Se. The van der Waals surface area contributed by atoms with Crippen molar-refractivity contribution in [1.82, 2.24) is 4.98 Å². The molecule has 78 valence electrons. The van der Waals surface area contributed by atoms with E-state index in [-0.39, 0.29) is 14.5 Å². The van der Waals surface area contributed by atoms with Crippen molar-refractivity contribution in [3.63, 3.8) is 0 Å². The van der Waals surface area contributed by atoms with Crippen molar-refractivity contribution in [2.45, 2.75) is 6.92 Å². The zero-order valence-corrected chi connectivity index (χ0v) is 10.5. The quantitative estimate of drug-likeness (QED) is 0.508. The average molecular weight is 266 g/mol. The van der Waals surface area contributed by atoms with Crippen LogP contribution < -0.4 is 10.9 Å². The molecule has 0 radical (unpaired) electrons. The van der Waals surface area contributed by atoms with Gasteiger partial charge >= 0.3 is 95.0 Å². The molecule has 1 heterocycles. The van der Waals surface area contributed by atoms with Gasteiger partial charge in [-0.3, -0.25) is 0 Å². The Hall–Kier alpha value is -1.09. The molecule has 3 nitrogen and oxygen atoms in total. The third-order valence-corrected chi connectivity index (χ3v) is 4.09. The molecule has 0 aliphatic carbocycles. The SMILES string of the molecule is Cc1ccc(-c2c[se]c(N(C)N)n2)cc1. The van der Waals surface area contributed by atoms with Crippen LogP contribution >= 0.6 is 0 Å². The van der Waals surface area contributed by atoms with Gasteiger partial charge < -0.3 is 0 Å². The molecule has 2 rings (SSSR count). The van der Waals surface area contributed by atoms with Crippen molar-refractivity contribution < 1.29 is 0 Å². The monoisotopic (exact) mass is 267 g/mol. The van der Waals surface area contributed by atoms with Crippen LogP contribution in [0.25, 0.3) is 11.3 Å². The predicted octanol–water partition coefficient (Wildman–Crippen LogP) is 1.42. The Morgan fingerprint density at radius 1 is 1.27 bits per heavy atom. The fourth-order valence-corrected chi connectivity index (χ4v) is 2.80. The van der Waals surface area contributed by atoms with E-state index in [0.717, 1.165) is 10.4 Å². The van der Waals surface area contributed by atoms with E-state index in [1.165, 1.54) is 11.1 Å². The van der Waals surface area contributed by atoms with Gasteiger partial charge in [0.2, 0.25) is 0 Å². The summed E-state index contributed by atoms with van der Waals surface area (Å²) in [6.45, 7) is 2.08. The van der Waals surface area contributed by atoms with Crippen LogP contribution in [0.5, 0.6) is 0 Å². The Balaban J connectivity index is 2.33. The Bertz CT molecular complexity index is 445. The van der Waals surface area contributed by atoms with Crippen LogP contribution in [0.2, 0.25) is 0 Å². The van der Waals surface area contributed by atoms with Crippen molar-refractivity contribution in [2.24, 2.45) is 5.84 Å². The third-order valence-electron chi connectivity index (χ3n) is 2.14. The zero-order valence-electron chi connectivity index (χ0n) is 8.77. The van der Waals surface area contributed by atoms with Gasteiger partial charge in [-0.1, -0.05) is 0 Å². The fraction of sp³-hybridized carbons (Fsp3) is 0.182. The van der Waals surface area contributed by atoms with Gasteiger partial charge in [0.1, 0.15) is 0 Å². The van der Waals surface area contributed by atoms with E-state index in [0.29, 0.717) is 0 Å².